The monoisotopic (exact) mass is 282 g/mol. The van der Waals surface area contributed by atoms with E-state index in [-0.39, 0.29) is 0 Å². The lowest BCUT2D eigenvalue weighted by Crippen LogP contribution is -2.27. The fourth-order valence-electron chi connectivity index (χ4n) is 3.68. The van der Waals surface area contributed by atoms with Crippen molar-refractivity contribution in [1.82, 2.24) is 10.3 Å². The highest BCUT2D eigenvalue weighted by Gasteiger charge is 2.29. The van der Waals surface area contributed by atoms with Crippen molar-refractivity contribution in [1.29, 1.82) is 0 Å². The summed E-state index contributed by atoms with van der Waals surface area (Å²) in [6, 6.07) is 8.67. The molecule has 0 aliphatic heterocycles. The van der Waals surface area contributed by atoms with Gasteiger partial charge in [-0.3, -0.25) is 4.98 Å². The van der Waals surface area contributed by atoms with Crippen molar-refractivity contribution in [3.63, 3.8) is 0 Å². The highest BCUT2D eigenvalue weighted by Crippen LogP contribution is 2.41. The SMILES string of the molecule is CC(C)CNCC1CCCC1c1cncc2ccccc12. The molecule has 2 atom stereocenters. The number of pyridine rings is 1. The van der Waals surface area contributed by atoms with Crippen molar-refractivity contribution in [2.75, 3.05) is 13.1 Å². The number of hydrogen-bond donors (Lipinski definition) is 1. The molecule has 1 N–H and O–H groups in total. The van der Waals surface area contributed by atoms with Crippen LogP contribution in [0.5, 0.6) is 0 Å². The Kier molecular flexibility index (Phi) is 4.54. The molecule has 1 aliphatic rings. The van der Waals surface area contributed by atoms with Gasteiger partial charge >= 0.3 is 0 Å². The van der Waals surface area contributed by atoms with E-state index >= 15 is 0 Å². The molecule has 0 amide bonds. The zero-order chi connectivity index (χ0) is 14.7. The quantitative estimate of drug-likeness (QED) is 0.881. The van der Waals surface area contributed by atoms with Gasteiger partial charge in [0.2, 0.25) is 0 Å². The molecule has 0 bridgehead atoms. The van der Waals surface area contributed by atoms with E-state index in [9.17, 15) is 0 Å². The molecule has 1 aromatic heterocycles. The van der Waals surface area contributed by atoms with Crippen LogP contribution in [0.25, 0.3) is 10.8 Å². The molecule has 1 heterocycles. The van der Waals surface area contributed by atoms with Crippen LogP contribution in [0.4, 0.5) is 0 Å². The third-order valence-electron chi connectivity index (χ3n) is 4.72. The number of hydrogen-bond acceptors (Lipinski definition) is 2. The third kappa shape index (κ3) is 3.26. The normalized spacial score (nSPS) is 22.2. The summed E-state index contributed by atoms with van der Waals surface area (Å²) >= 11 is 0. The lowest BCUT2D eigenvalue weighted by Gasteiger charge is -2.22. The van der Waals surface area contributed by atoms with E-state index in [2.05, 4.69) is 54.6 Å². The number of fused-ring (bicyclic) bond motifs is 1. The molecule has 3 rings (SSSR count). The van der Waals surface area contributed by atoms with Gasteiger partial charge < -0.3 is 5.32 Å². The first kappa shape index (κ1) is 14.5. The van der Waals surface area contributed by atoms with Crippen molar-refractivity contribution >= 4 is 10.8 Å². The number of nitrogens with zero attached hydrogens (tertiary/aromatic N) is 1. The molecule has 1 aliphatic carbocycles. The van der Waals surface area contributed by atoms with Gasteiger partial charge in [0.1, 0.15) is 0 Å². The first-order valence-corrected chi connectivity index (χ1v) is 8.29. The summed E-state index contributed by atoms with van der Waals surface area (Å²) in [6.07, 6.45) is 8.10. The predicted octanol–water partition coefficient (Wildman–Crippen LogP) is 4.36. The first-order valence-electron chi connectivity index (χ1n) is 8.29. The fourth-order valence-corrected chi connectivity index (χ4v) is 3.68. The predicted molar refractivity (Wildman–Crippen MR) is 89.5 cm³/mol. The molecule has 1 fully saturated rings. The smallest absolute Gasteiger partial charge is 0.0346 e. The molecule has 2 heteroatoms. The van der Waals surface area contributed by atoms with Crippen LogP contribution in [0.1, 0.15) is 44.6 Å². The zero-order valence-electron chi connectivity index (χ0n) is 13.2. The average Bonchev–Trinajstić information content (AvgIpc) is 2.94. The third-order valence-corrected chi connectivity index (χ3v) is 4.72. The zero-order valence-corrected chi connectivity index (χ0v) is 13.2. The Labute approximate surface area is 128 Å². The molecule has 21 heavy (non-hydrogen) atoms. The second kappa shape index (κ2) is 6.57. The number of nitrogens with one attached hydrogen (secondary N) is 1. The lowest BCUT2D eigenvalue weighted by molar-refractivity contribution is 0.426. The van der Waals surface area contributed by atoms with E-state index < -0.39 is 0 Å². The van der Waals surface area contributed by atoms with Crippen molar-refractivity contribution in [2.45, 2.75) is 39.0 Å². The molecule has 112 valence electrons. The van der Waals surface area contributed by atoms with E-state index in [1.54, 1.807) is 0 Å². The van der Waals surface area contributed by atoms with Crippen molar-refractivity contribution in [2.24, 2.45) is 11.8 Å². The van der Waals surface area contributed by atoms with Crippen molar-refractivity contribution < 1.29 is 0 Å². The first-order chi connectivity index (χ1) is 10.3. The van der Waals surface area contributed by atoms with Gasteiger partial charge in [-0.15, -0.1) is 0 Å². The summed E-state index contributed by atoms with van der Waals surface area (Å²) in [4.78, 5) is 4.48. The minimum absolute atomic E-state index is 0.670. The highest BCUT2D eigenvalue weighted by molar-refractivity contribution is 5.85. The Bertz CT molecular complexity index is 586. The maximum absolute atomic E-state index is 4.48. The van der Waals surface area contributed by atoms with Crippen LogP contribution in [0.2, 0.25) is 0 Å². The molecule has 2 unspecified atom stereocenters. The molecule has 0 spiro atoms. The van der Waals surface area contributed by atoms with Crippen LogP contribution in [0.15, 0.2) is 36.7 Å². The van der Waals surface area contributed by atoms with Gasteiger partial charge in [0.05, 0.1) is 0 Å². The Morgan fingerprint density at radius 1 is 1.19 bits per heavy atom. The molecule has 2 nitrogen and oxygen atoms in total. The summed E-state index contributed by atoms with van der Waals surface area (Å²) in [6.45, 7) is 6.81. The van der Waals surface area contributed by atoms with Crippen LogP contribution >= 0.6 is 0 Å². The van der Waals surface area contributed by atoms with Crippen LogP contribution in [-0.2, 0) is 0 Å². The number of benzene rings is 1. The van der Waals surface area contributed by atoms with E-state index in [4.69, 9.17) is 0 Å². The van der Waals surface area contributed by atoms with Gasteiger partial charge in [-0.05, 0) is 54.6 Å². The van der Waals surface area contributed by atoms with Crippen LogP contribution in [-0.4, -0.2) is 18.1 Å². The molecule has 0 saturated heterocycles. The van der Waals surface area contributed by atoms with Gasteiger partial charge in [-0.1, -0.05) is 44.5 Å². The fraction of sp³-hybridized carbons (Fsp3) is 0.526. The Morgan fingerprint density at radius 2 is 2.05 bits per heavy atom. The van der Waals surface area contributed by atoms with E-state index in [0.717, 1.165) is 24.9 Å². The summed E-state index contributed by atoms with van der Waals surface area (Å²) < 4.78 is 0. The van der Waals surface area contributed by atoms with E-state index in [1.807, 2.05) is 6.20 Å². The summed E-state index contributed by atoms with van der Waals surface area (Å²) in [5, 5.41) is 6.32. The maximum Gasteiger partial charge on any atom is 0.0346 e. The minimum Gasteiger partial charge on any atom is -0.316 e. The summed E-state index contributed by atoms with van der Waals surface area (Å²) in [5.74, 6) is 2.16. The van der Waals surface area contributed by atoms with Crippen molar-refractivity contribution in [3.05, 3.63) is 42.2 Å². The van der Waals surface area contributed by atoms with E-state index in [1.165, 1.54) is 35.6 Å². The number of aromatic nitrogens is 1. The Hall–Kier alpha value is -1.41. The Morgan fingerprint density at radius 3 is 2.90 bits per heavy atom. The van der Waals surface area contributed by atoms with Crippen LogP contribution < -0.4 is 5.32 Å². The topological polar surface area (TPSA) is 24.9 Å². The van der Waals surface area contributed by atoms with Gasteiger partial charge in [0.15, 0.2) is 0 Å². The Balaban J connectivity index is 1.80. The summed E-state index contributed by atoms with van der Waals surface area (Å²) in [7, 11) is 0. The summed E-state index contributed by atoms with van der Waals surface area (Å²) in [5.41, 5.74) is 1.46. The van der Waals surface area contributed by atoms with Crippen LogP contribution in [0, 0.1) is 11.8 Å². The number of rotatable bonds is 5. The van der Waals surface area contributed by atoms with Gasteiger partial charge in [0, 0.05) is 17.8 Å². The average molecular weight is 282 g/mol. The molecule has 2 aromatic rings. The molecular weight excluding hydrogens is 256 g/mol. The van der Waals surface area contributed by atoms with Crippen LogP contribution in [0.3, 0.4) is 0 Å². The largest absolute Gasteiger partial charge is 0.316 e. The standard InChI is InChI=1S/C19H26N2/c1-14(2)10-20-11-16-7-5-9-18(16)19-13-21-12-15-6-3-4-8-17(15)19/h3-4,6,8,12-14,16,18,20H,5,7,9-11H2,1-2H3. The molecule has 0 radical (unpaired) electrons. The second-order valence-corrected chi connectivity index (χ2v) is 6.80. The second-order valence-electron chi connectivity index (χ2n) is 6.80. The molecule has 1 saturated carbocycles. The van der Waals surface area contributed by atoms with E-state index in [0.29, 0.717) is 5.92 Å². The molecule has 1 aromatic carbocycles. The minimum atomic E-state index is 0.670. The highest BCUT2D eigenvalue weighted by atomic mass is 14.9. The van der Waals surface area contributed by atoms with Crippen molar-refractivity contribution in [3.8, 4) is 0 Å². The lowest BCUT2D eigenvalue weighted by atomic mass is 9.87. The van der Waals surface area contributed by atoms with Gasteiger partial charge in [0.25, 0.3) is 0 Å². The van der Waals surface area contributed by atoms with Gasteiger partial charge in [-0.25, -0.2) is 0 Å². The maximum atomic E-state index is 4.48. The van der Waals surface area contributed by atoms with Gasteiger partial charge in [-0.2, -0.15) is 0 Å². The molecular formula is C19H26N2.